The van der Waals surface area contributed by atoms with E-state index in [4.69, 9.17) is 9.47 Å². The van der Waals surface area contributed by atoms with Crippen LogP contribution < -0.4 is 10.2 Å². The number of benzene rings is 2. The van der Waals surface area contributed by atoms with E-state index in [1.54, 1.807) is 23.6 Å². The van der Waals surface area contributed by atoms with Crippen LogP contribution in [0.1, 0.15) is 42.2 Å². The molecule has 4 rings (SSSR count). The molecule has 1 aliphatic heterocycles. The van der Waals surface area contributed by atoms with E-state index in [-0.39, 0.29) is 24.8 Å². The molecule has 3 atom stereocenters. The summed E-state index contributed by atoms with van der Waals surface area (Å²) < 4.78 is 108. The zero-order chi connectivity index (χ0) is 29.3. The summed E-state index contributed by atoms with van der Waals surface area (Å²) in [4.78, 5) is 6.16. The summed E-state index contributed by atoms with van der Waals surface area (Å²) in [6.07, 6.45) is -10.9. The van der Waals surface area contributed by atoms with Crippen LogP contribution in [0.5, 0.6) is 0 Å². The van der Waals surface area contributed by atoms with Crippen LogP contribution in [-0.4, -0.2) is 47.8 Å². The highest BCUT2D eigenvalue weighted by atomic mass is 19.4. The molecule has 3 aromatic rings. The van der Waals surface area contributed by atoms with Crippen LogP contribution in [0.15, 0.2) is 48.8 Å². The molecule has 1 fully saturated rings. The molecular formula is C26H28F7N5O2. The van der Waals surface area contributed by atoms with Crippen molar-refractivity contribution in [2.45, 2.75) is 50.7 Å². The number of ether oxygens (including phenoxy) is 2. The number of nitrogens with zero attached hydrogens (tertiary/aromatic N) is 4. The van der Waals surface area contributed by atoms with Crippen LogP contribution in [0.4, 0.5) is 36.7 Å². The third kappa shape index (κ3) is 6.23. The lowest BCUT2D eigenvalue weighted by molar-refractivity contribution is -0.217. The fraction of sp³-hybridized carbons (Fsp3) is 0.462. The van der Waals surface area contributed by atoms with Gasteiger partial charge in [-0.05, 0) is 62.4 Å². The predicted molar refractivity (Wildman–Crippen MR) is 131 cm³/mol. The molecule has 1 N–H and O–H groups in total. The van der Waals surface area contributed by atoms with Crippen molar-refractivity contribution in [3.8, 4) is 0 Å². The lowest BCUT2D eigenvalue weighted by Crippen LogP contribution is -2.60. The van der Waals surface area contributed by atoms with Crippen LogP contribution in [-0.2, 0) is 33.9 Å². The molecule has 0 radical (unpaired) electrons. The monoisotopic (exact) mass is 575 g/mol. The second kappa shape index (κ2) is 11.3. The van der Waals surface area contributed by atoms with Gasteiger partial charge in [-0.2, -0.15) is 26.3 Å². The fourth-order valence-electron chi connectivity index (χ4n) is 4.55. The Hall–Kier alpha value is -3.23. The number of aromatic nitrogens is 3. The highest BCUT2D eigenvalue weighted by Gasteiger charge is 2.48. The number of hydrogen-bond donors (Lipinski definition) is 1. The van der Waals surface area contributed by atoms with Gasteiger partial charge in [0, 0.05) is 13.1 Å². The summed E-state index contributed by atoms with van der Waals surface area (Å²) in [5, 5.41) is 7.52. The van der Waals surface area contributed by atoms with Crippen molar-refractivity contribution in [2.75, 3.05) is 31.6 Å². The number of rotatable bonds is 8. The van der Waals surface area contributed by atoms with E-state index in [9.17, 15) is 30.7 Å². The first-order valence-electron chi connectivity index (χ1n) is 12.4. The minimum Gasteiger partial charge on any atom is -0.348 e. The molecule has 0 amide bonds. The molecule has 40 heavy (non-hydrogen) atoms. The van der Waals surface area contributed by atoms with Gasteiger partial charge in [0.1, 0.15) is 17.7 Å². The van der Waals surface area contributed by atoms with Crippen LogP contribution in [0.2, 0.25) is 0 Å². The number of alkyl halides is 6. The Labute approximate surface area is 225 Å². The van der Waals surface area contributed by atoms with Crippen molar-refractivity contribution in [3.05, 3.63) is 76.9 Å². The van der Waals surface area contributed by atoms with Gasteiger partial charge in [-0.3, -0.25) is 0 Å². The van der Waals surface area contributed by atoms with Crippen molar-refractivity contribution in [2.24, 2.45) is 0 Å². The second-order valence-electron chi connectivity index (χ2n) is 9.54. The summed E-state index contributed by atoms with van der Waals surface area (Å²) in [6, 6.07) is 6.78. The molecular weight excluding hydrogens is 547 g/mol. The Kier molecular flexibility index (Phi) is 8.43. The van der Waals surface area contributed by atoms with E-state index in [0.717, 1.165) is 0 Å². The third-order valence-electron chi connectivity index (χ3n) is 6.80. The number of hydrogen-bond acceptors (Lipinski definition) is 6. The molecule has 2 heterocycles. The zero-order valence-electron chi connectivity index (χ0n) is 21.9. The molecule has 0 saturated carbocycles. The maximum Gasteiger partial charge on any atom is 0.416 e. The van der Waals surface area contributed by atoms with Crippen LogP contribution >= 0.6 is 0 Å². The highest BCUT2D eigenvalue weighted by molar-refractivity contribution is 5.42. The number of anilines is 1. The van der Waals surface area contributed by atoms with Gasteiger partial charge in [-0.15, -0.1) is 5.10 Å². The van der Waals surface area contributed by atoms with Crippen molar-refractivity contribution in [1.82, 2.24) is 20.1 Å². The van der Waals surface area contributed by atoms with Crippen LogP contribution in [0.25, 0.3) is 0 Å². The normalized spacial score (nSPS) is 21.1. The molecule has 1 aromatic heterocycles. The molecule has 7 nitrogen and oxygen atoms in total. The summed E-state index contributed by atoms with van der Waals surface area (Å²) >= 11 is 0. The average molecular weight is 576 g/mol. The van der Waals surface area contributed by atoms with Gasteiger partial charge < -0.3 is 19.7 Å². The molecule has 2 aromatic carbocycles. The lowest BCUT2D eigenvalue weighted by Gasteiger charge is -2.49. The van der Waals surface area contributed by atoms with E-state index in [2.05, 4.69) is 15.4 Å². The summed E-state index contributed by atoms with van der Waals surface area (Å²) in [5.41, 5.74) is -3.96. The largest absolute Gasteiger partial charge is 0.416 e. The zero-order valence-corrected chi connectivity index (χ0v) is 21.9. The van der Waals surface area contributed by atoms with E-state index in [1.807, 2.05) is 0 Å². The quantitative estimate of drug-likeness (QED) is 0.357. The molecule has 218 valence electrons. The van der Waals surface area contributed by atoms with Gasteiger partial charge >= 0.3 is 12.4 Å². The Morgan fingerprint density at radius 2 is 1.70 bits per heavy atom. The minimum absolute atomic E-state index is 0.0632. The highest BCUT2D eigenvalue weighted by Crippen LogP contribution is 2.42. The van der Waals surface area contributed by atoms with Gasteiger partial charge in [0.25, 0.3) is 0 Å². The van der Waals surface area contributed by atoms with Crippen molar-refractivity contribution in [1.29, 1.82) is 0 Å². The Morgan fingerprint density at radius 3 is 2.27 bits per heavy atom. The first-order valence-corrected chi connectivity index (χ1v) is 12.4. The number of likely N-dealkylation sites (N-methyl/N-ethyl adjacent to an activating group) is 1. The Morgan fingerprint density at radius 1 is 1.07 bits per heavy atom. The van der Waals surface area contributed by atoms with Gasteiger partial charge in [0.15, 0.2) is 6.29 Å². The minimum atomic E-state index is -5.01. The van der Waals surface area contributed by atoms with Gasteiger partial charge in [0.2, 0.25) is 5.95 Å². The van der Waals surface area contributed by atoms with Gasteiger partial charge in [-0.25, -0.2) is 14.1 Å². The predicted octanol–water partition coefficient (Wildman–Crippen LogP) is 5.53. The number of halogens is 7. The van der Waals surface area contributed by atoms with Crippen molar-refractivity contribution in [3.63, 3.8) is 0 Å². The molecule has 1 aliphatic rings. The van der Waals surface area contributed by atoms with Gasteiger partial charge in [0.05, 0.1) is 30.4 Å². The van der Waals surface area contributed by atoms with E-state index in [1.165, 1.54) is 37.5 Å². The summed E-state index contributed by atoms with van der Waals surface area (Å²) in [7, 11) is 1.79. The standard InChI is InChI=1S/C26H28F7N5O2/c1-16(17-12-19(25(28,29)30)14-20(13-17)26(31,32)33)40-22-24(2,18-4-6-21(27)7-5-18)38(10-11-39-22)23-35-15-37(36-23)9-8-34-3/h4-7,12-16,22,34H,8-11H2,1-3H3/t16?,22-,24+/m1/s1. The molecule has 0 aliphatic carbocycles. The Bertz CT molecular complexity index is 1260. The lowest BCUT2D eigenvalue weighted by atomic mass is 9.87. The molecule has 1 unspecified atom stereocenters. The maximum atomic E-state index is 13.8. The number of morpholine rings is 1. The first-order chi connectivity index (χ1) is 18.7. The molecule has 14 heteroatoms. The molecule has 1 saturated heterocycles. The number of nitrogens with one attached hydrogen (secondary N) is 1. The first kappa shape index (κ1) is 29.7. The molecule has 0 bridgehead atoms. The van der Waals surface area contributed by atoms with Crippen molar-refractivity contribution < 1.29 is 40.2 Å². The smallest absolute Gasteiger partial charge is 0.348 e. The average Bonchev–Trinajstić information content (AvgIpc) is 3.36. The van der Waals surface area contributed by atoms with E-state index in [0.29, 0.717) is 36.7 Å². The topological polar surface area (TPSA) is 64.4 Å². The summed E-state index contributed by atoms with van der Waals surface area (Å²) in [6.45, 7) is 4.57. The van der Waals surface area contributed by atoms with Gasteiger partial charge in [-0.1, -0.05) is 12.1 Å². The van der Waals surface area contributed by atoms with Crippen LogP contribution in [0, 0.1) is 5.82 Å². The second-order valence-corrected chi connectivity index (χ2v) is 9.54. The fourth-order valence-corrected chi connectivity index (χ4v) is 4.55. The van der Waals surface area contributed by atoms with Crippen molar-refractivity contribution >= 4 is 5.95 Å². The third-order valence-corrected chi connectivity index (χ3v) is 6.80. The van der Waals surface area contributed by atoms with E-state index < -0.39 is 47.2 Å². The SMILES string of the molecule is CNCCn1cnc(N2CCO[C@H](OC(C)c3cc(C(F)(F)F)cc(C(F)(F)F)c3)[C@]2(C)c2ccc(F)cc2)n1. The molecule has 0 spiro atoms. The Balaban J connectivity index is 1.73. The summed E-state index contributed by atoms with van der Waals surface area (Å²) in [5.74, 6) is -0.203. The van der Waals surface area contributed by atoms with E-state index >= 15 is 0 Å². The van der Waals surface area contributed by atoms with Crippen LogP contribution in [0.3, 0.4) is 0 Å². The maximum absolute atomic E-state index is 13.8.